The zero-order chi connectivity index (χ0) is 24.5. The van der Waals surface area contributed by atoms with E-state index in [1.54, 1.807) is 30.6 Å². The zero-order valence-corrected chi connectivity index (χ0v) is 20.0. The number of carbonyl (C=O) groups excluding carboxylic acids is 2. The van der Waals surface area contributed by atoms with Crippen molar-refractivity contribution in [2.24, 2.45) is 0 Å². The number of nitrogens with one attached hydrogen (secondary N) is 1. The Morgan fingerprint density at radius 2 is 1.63 bits per heavy atom. The summed E-state index contributed by atoms with van der Waals surface area (Å²) in [4.78, 5) is 31.7. The minimum atomic E-state index is -0.333. The van der Waals surface area contributed by atoms with Crippen LogP contribution in [-0.2, 0) is 4.79 Å². The summed E-state index contributed by atoms with van der Waals surface area (Å²) in [6, 6.07) is 18.3. The van der Waals surface area contributed by atoms with Crippen molar-refractivity contribution < 1.29 is 19.1 Å². The van der Waals surface area contributed by atoms with E-state index in [2.05, 4.69) is 10.3 Å². The van der Waals surface area contributed by atoms with E-state index in [4.69, 9.17) is 9.47 Å². The number of nitrogens with zero attached hydrogens (tertiary/aromatic N) is 2. The van der Waals surface area contributed by atoms with E-state index in [-0.39, 0.29) is 24.5 Å². The van der Waals surface area contributed by atoms with E-state index in [1.165, 1.54) is 0 Å². The van der Waals surface area contributed by atoms with E-state index < -0.39 is 0 Å². The Hall–Kier alpha value is -3.87. The van der Waals surface area contributed by atoms with Crippen LogP contribution in [-0.4, -0.2) is 48.0 Å². The number of piperidine rings is 1. The van der Waals surface area contributed by atoms with Gasteiger partial charge in [-0.1, -0.05) is 30.3 Å². The number of ether oxygens (including phenoxy) is 2. The fourth-order valence-electron chi connectivity index (χ4n) is 4.19. The highest BCUT2D eigenvalue weighted by molar-refractivity contribution is 5.95. The molecule has 2 aromatic carbocycles. The van der Waals surface area contributed by atoms with E-state index in [0.29, 0.717) is 23.7 Å². The first-order valence-corrected chi connectivity index (χ1v) is 12.1. The van der Waals surface area contributed by atoms with Gasteiger partial charge >= 0.3 is 0 Å². The summed E-state index contributed by atoms with van der Waals surface area (Å²) >= 11 is 0. The molecule has 3 aromatic rings. The van der Waals surface area contributed by atoms with Gasteiger partial charge in [-0.2, -0.15) is 0 Å². The molecule has 2 heterocycles. The molecule has 35 heavy (non-hydrogen) atoms. The third-order valence-electron chi connectivity index (χ3n) is 6.01. The number of pyridine rings is 1. The lowest BCUT2D eigenvalue weighted by atomic mass is 9.99. The molecule has 1 unspecified atom stereocenters. The number of benzene rings is 2. The highest BCUT2D eigenvalue weighted by Gasteiger charge is 2.21. The van der Waals surface area contributed by atoms with Crippen molar-refractivity contribution in [1.29, 1.82) is 0 Å². The molecule has 0 radical (unpaired) electrons. The van der Waals surface area contributed by atoms with Crippen molar-refractivity contribution in [3.8, 4) is 11.5 Å². The normalized spacial score (nSPS) is 14.1. The maximum Gasteiger partial charge on any atom is 0.260 e. The third kappa shape index (κ3) is 6.38. The number of hydrogen-bond donors (Lipinski definition) is 1. The average molecular weight is 474 g/mol. The predicted molar refractivity (Wildman–Crippen MR) is 134 cm³/mol. The maximum atomic E-state index is 13.3. The second kappa shape index (κ2) is 12.0. The van der Waals surface area contributed by atoms with Crippen LogP contribution in [0, 0.1) is 0 Å². The molecule has 1 aromatic heterocycles. The summed E-state index contributed by atoms with van der Waals surface area (Å²) in [5, 5.41) is 3.12. The number of likely N-dealkylation sites (tertiary alicyclic amines) is 1. The van der Waals surface area contributed by atoms with Crippen LogP contribution in [0.25, 0.3) is 0 Å². The molecule has 1 aliphatic rings. The van der Waals surface area contributed by atoms with E-state index in [0.717, 1.165) is 43.5 Å². The second-order valence-corrected chi connectivity index (χ2v) is 8.42. The van der Waals surface area contributed by atoms with Gasteiger partial charge in [-0.3, -0.25) is 14.6 Å². The van der Waals surface area contributed by atoms with Crippen molar-refractivity contribution in [1.82, 2.24) is 15.2 Å². The number of carbonyl (C=O) groups is 2. The highest BCUT2D eigenvalue weighted by atomic mass is 16.5. The van der Waals surface area contributed by atoms with Crippen LogP contribution >= 0.6 is 0 Å². The standard InChI is InChI=1S/C28H31N3O4/c1-2-34-25-19-23(11-12-24(25)35-20-26(32)31-17-7-4-8-18-31)28(33)30-27(21-9-5-3-6-10-21)22-13-15-29-16-14-22/h3,5-6,9-16,19,27H,2,4,7-8,17-18,20H2,1H3,(H,30,33). The van der Waals surface area contributed by atoms with Crippen molar-refractivity contribution >= 4 is 11.8 Å². The first-order chi connectivity index (χ1) is 17.2. The molecule has 0 saturated carbocycles. The Balaban J connectivity index is 1.49. The van der Waals surface area contributed by atoms with Gasteiger partial charge < -0.3 is 19.7 Å². The molecule has 0 aliphatic carbocycles. The van der Waals surface area contributed by atoms with Crippen LogP contribution in [0.5, 0.6) is 11.5 Å². The lowest BCUT2D eigenvalue weighted by Crippen LogP contribution is -2.38. The summed E-state index contributed by atoms with van der Waals surface area (Å²) in [7, 11) is 0. The van der Waals surface area contributed by atoms with Crippen molar-refractivity contribution in [2.75, 3.05) is 26.3 Å². The van der Waals surface area contributed by atoms with Crippen molar-refractivity contribution in [3.05, 3.63) is 89.7 Å². The quantitative estimate of drug-likeness (QED) is 0.499. The maximum absolute atomic E-state index is 13.3. The number of rotatable bonds is 9. The minimum absolute atomic E-state index is 0.0305. The summed E-state index contributed by atoms with van der Waals surface area (Å²) in [5.41, 5.74) is 2.34. The van der Waals surface area contributed by atoms with Crippen LogP contribution in [0.4, 0.5) is 0 Å². The van der Waals surface area contributed by atoms with Gasteiger partial charge in [0.25, 0.3) is 11.8 Å². The van der Waals surface area contributed by atoms with Crippen molar-refractivity contribution in [3.63, 3.8) is 0 Å². The largest absolute Gasteiger partial charge is 0.490 e. The van der Waals surface area contributed by atoms with Crippen LogP contribution < -0.4 is 14.8 Å². The van der Waals surface area contributed by atoms with E-state index in [9.17, 15) is 9.59 Å². The van der Waals surface area contributed by atoms with Gasteiger partial charge in [0.1, 0.15) is 0 Å². The Labute approximate surface area is 206 Å². The molecule has 0 bridgehead atoms. The van der Waals surface area contributed by atoms with Crippen LogP contribution in [0.2, 0.25) is 0 Å². The van der Waals surface area contributed by atoms with Crippen LogP contribution in [0.15, 0.2) is 73.1 Å². The van der Waals surface area contributed by atoms with Gasteiger partial charge in [0.05, 0.1) is 12.6 Å². The smallest absolute Gasteiger partial charge is 0.260 e. The molecule has 7 nitrogen and oxygen atoms in total. The molecular formula is C28H31N3O4. The molecule has 0 spiro atoms. The number of amides is 2. The summed E-state index contributed by atoms with van der Waals surface area (Å²) in [6.07, 6.45) is 6.64. The first kappa shape index (κ1) is 24.3. The summed E-state index contributed by atoms with van der Waals surface area (Å²) in [6.45, 7) is 3.78. The SMILES string of the molecule is CCOc1cc(C(=O)NC(c2ccccc2)c2ccncc2)ccc1OCC(=O)N1CCCCC1. The fraction of sp³-hybridized carbons (Fsp3) is 0.321. The lowest BCUT2D eigenvalue weighted by molar-refractivity contribution is -0.134. The zero-order valence-electron chi connectivity index (χ0n) is 20.0. The van der Waals surface area contributed by atoms with Gasteiger partial charge in [0.15, 0.2) is 18.1 Å². The Morgan fingerprint density at radius 3 is 2.34 bits per heavy atom. The molecule has 7 heteroatoms. The average Bonchev–Trinajstić information content (AvgIpc) is 2.92. The molecule has 4 rings (SSSR count). The molecule has 1 saturated heterocycles. The number of hydrogen-bond acceptors (Lipinski definition) is 5. The topological polar surface area (TPSA) is 80.8 Å². The Kier molecular flexibility index (Phi) is 8.33. The minimum Gasteiger partial charge on any atom is -0.490 e. The van der Waals surface area contributed by atoms with Crippen molar-refractivity contribution in [2.45, 2.75) is 32.2 Å². The molecule has 182 valence electrons. The molecule has 1 atom stereocenters. The molecule has 2 amide bonds. The molecule has 1 N–H and O–H groups in total. The van der Waals surface area contributed by atoms with Crippen LogP contribution in [0.3, 0.4) is 0 Å². The second-order valence-electron chi connectivity index (χ2n) is 8.42. The third-order valence-corrected chi connectivity index (χ3v) is 6.01. The van der Waals surface area contributed by atoms with Crippen LogP contribution in [0.1, 0.15) is 53.7 Å². The Bertz CT molecular complexity index is 1080. The molecule has 1 fully saturated rings. The van der Waals surface area contributed by atoms with Gasteiger partial charge in [-0.15, -0.1) is 0 Å². The first-order valence-electron chi connectivity index (χ1n) is 12.1. The number of aromatic nitrogens is 1. The molecular weight excluding hydrogens is 442 g/mol. The van der Waals surface area contributed by atoms with Gasteiger partial charge in [-0.05, 0) is 67.6 Å². The van der Waals surface area contributed by atoms with Gasteiger partial charge in [-0.25, -0.2) is 0 Å². The fourth-order valence-corrected chi connectivity index (χ4v) is 4.19. The highest BCUT2D eigenvalue weighted by Crippen LogP contribution is 2.29. The summed E-state index contributed by atoms with van der Waals surface area (Å²) < 4.78 is 11.5. The van der Waals surface area contributed by atoms with E-state index in [1.807, 2.05) is 54.3 Å². The van der Waals surface area contributed by atoms with Gasteiger partial charge in [0.2, 0.25) is 0 Å². The van der Waals surface area contributed by atoms with Gasteiger partial charge in [0, 0.05) is 31.0 Å². The predicted octanol–water partition coefficient (Wildman–Crippen LogP) is 4.39. The lowest BCUT2D eigenvalue weighted by Gasteiger charge is -2.26. The monoisotopic (exact) mass is 473 g/mol. The van der Waals surface area contributed by atoms with E-state index >= 15 is 0 Å². The molecule has 1 aliphatic heterocycles. The Morgan fingerprint density at radius 1 is 0.914 bits per heavy atom. The summed E-state index contributed by atoms with van der Waals surface area (Å²) in [5.74, 6) is 0.610.